The van der Waals surface area contributed by atoms with Crippen LogP contribution in [0.5, 0.6) is 0 Å². The number of hydrogen-bond donors (Lipinski definition) is 0. The number of carbonyl (C=O) groups is 1. The van der Waals surface area contributed by atoms with Gasteiger partial charge in [-0.15, -0.1) is 0 Å². The van der Waals surface area contributed by atoms with E-state index in [-0.39, 0.29) is 11.5 Å². The van der Waals surface area contributed by atoms with Crippen molar-refractivity contribution in [3.8, 4) is 0 Å². The van der Waals surface area contributed by atoms with E-state index in [1.54, 1.807) is 0 Å². The molecule has 0 aromatic rings. The van der Waals surface area contributed by atoms with Gasteiger partial charge in [0.15, 0.2) is 0 Å². The monoisotopic (exact) mass is 329 g/mol. The highest BCUT2D eigenvalue weighted by atomic mass is 79.9. The Morgan fingerprint density at radius 3 is 2.42 bits per heavy atom. The minimum atomic E-state index is -0.0828. The van der Waals surface area contributed by atoms with Gasteiger partial charge in [-0.2, -0.15) is 0 Å². The molecule has 2 nitrogen and oxygen atoms in total. The SMILES string of the molecule is CN(C(=O)C1CCC2CCCCC2C1)C(C)(C)CBr. The summed E-state index contributed by atoms with van der Waals surface area (Å²) in [5, 5.41) is 0.834. The summed E-state index contributed by atoms with van der Waals surface area (Å²) < 4.78 is 0. The highest BCUT2D eigenvalue weighted by Crippen LogP contribution is 2.43. The van der Waals surface area contributed by atoms with Crippen molar-refractivity contribution in [3.63, 3.8) is 0 Å². The second-order valence-corrected chi connectivity index (χ2v) is 7.72. The Morgan fingerprint density at radius 2 is 1.79 bits per heavy atom. The van der Waals surface area contributed by atoms with E-state index < -0.39 is 0 Å². The van der Waals surface area contributed by atoms with E-state index in [0.717, 1.165) is 30.0 Å². The predicted octanol–water partition coefficient (Wildman–Crippen LogP) is 4.22. The summed E-state index contributed by atoms with van der Waals surface area (Å²) in [6.45, 7) is 4.26. The number of fused-ring (bicyclic) bond motifs is 1. The molecule has 0 spiro atoms. The van der Waals surface area contributed by atoms with E-state index in [9.17, 15) is 4.79 Å². The molecule has 110 valence electrons. The fourth-order valence-electron chi connectivity index (χ4n) is 3.76. The predicted molar refractivity (Wildman–Crippen MR) is 83.4 cm³/mol. The van der Waals surface area contributed by atoms with Crippen LogP contribution in [0.1, 0.15) is 58.8 Å². The smallest absolute Gasteiger partial charge is 0.225 e. The number of rotatable bonds is 3. The van der Waals surface area contributed by atoms with Crippen molar-refractivity contribution in [3.05, 3.63) is 0 Å². The molecule has 1 amide bonds. The molecular formula is C16H28BrNO. The van der Waals surface area contributed by atoms with Crippen LogP contribution in [0.25, 0.3) is 0 Å². The van der Waals surface area contributed by atoms with Crippen molar-refractivity contribution in [2.75, 3.05) is 12.4 Å². The van der Waals surface area contributed by atoms with Crippen LogP contribution in [-0.2, 0) is 4.79 Å². The molecule has 2 fully saturated rings. The topological polar surface area (TPSA) is 20.3 Å². The van der Waals surface area contributed by atoms with Crippen LogP contribution in [0.4, 0.5) is 0 Å². The molecule has 2 rings (SSSR count). The van der Waals surface area contributed by atoms with Crippen molar-refractivity contribution in [1.29, 1.82) is 0 Å². The standard InChI is InChI=1S/C16H28BrNO/c1-16(2,11-17)18(3)15(19)14-9-8-12-6-4-5-7-13(12)10-14/h12-14H,4-11H2,1-3H3. The van der Waals surface area contributed by atoms with Gasteiger partial charge < -0.3 is 4.90 Å². The summed E-state index contributed by atoms with van der Waals surface area (Å²) in [5.74, 6) is 2.40. The van der Waals surface area contributed by atoms with Crippen molar-refractivity contribution in [2.45, 2.75) is 64.3 Å². The van der Waals surface area contributed by atoms with Crippen LogP contribution < -0.4 is 0 Å². The van der Waals surface area contributed by atoms with Gasteiger partial charge in [0, 0.05) is 23.8 Å². The zero-order valence-corrected chi connectivity index (χ0v) is 14.2. The average molecular weight is 330 g/mol. The Balaban J connectivity index is 1.97. The molecule has 19 heavy (non-hydrogen) atoms. The second-order valence-electron chi connectivity index (χ2n) is 7.16. The molecule has 2 aliphatic carbocycles. The highest BCUT2D eigenvalue weighted by Gasteiger charge is 2.38. The van der Waals surface area contributed by atoms with Crippen molar-refractivity contribution >= 4 is 21.8 Å². The van der Waals surface area contributed by atoms with E-state index in [4.69, 9.17) is 0 Å². The Morgan fingerprint density at radius 1 is 1.16 bits per heavy atom. The molecule has 2 saturated carbocycles. The molecule has 3 heteroatoms. The number of carbonyl (C=O) groups excluding carboxylic acids is 1. The third-order valence-corrected chi connectivity index (χ3v) is 6.83. The average Bonchev–Trinajstić information content (AvgIpc) is 2.45. The van der Waals surface area contributed by atoms with Gasteiger partial charge in [-0.25, -0.2) is 0 Å². The first-order valence-corrected chi connectivity index (χ1v) is 8.91. The van der Waals surface area contributed by atoms with Crippen LogP contribution in [0.2, 0.25) is 0 Å². The fourth-order valence-corrected chi connectivity index (χ4v) is 4.14. The summed E-state index contributed by atoms with van der Waals surface area (Å²) in [6, 6.07) is 0. The molecule has 0 bridgehead atoms. The van der Waals surface area contributed by atoms with Crippen LogP contribution >= 0.6 is 15.9 Å². The number of amides is 1. The zero-order chi connectivity index (χ0) is 14.0. The molecular weight excluding hydrogens is 302 g/mol. The van der Waals surface area contributed by atoms with Gasteiger partial charge in [0.05, 0.1) is 0 Å². The summed E-state index contributed by atoms with van der Waals surface area (Å²) >= 11 is 3.53. The molecule has 2 aliphatic rings. The molecule has 0 saturated heterocycles. The molecule has 0 aliphatic heterocycles. The highest BCUT2D eigenvalue weighted by molar-refractivity contribution is 9.09. The lowest BCUT2D eigenvalue weighted by Crippen LogP contribution is -2.49. The van der Waals surface area contributed by atoms with Gasteiger partial charge in [0.1, 0.15) is 0 Å². The number of nitrogens with zero attached hydrogens (tertiary/aromatic N) is 1. The quantitative estimate of drug-likeness (QED) is 0.709. The van der Waals surface area contributed by atoms with Gasteiger partial charge in [-0.1, -0.05) is 41.6 Å². The van der Waals surface area contributed by atoms with E-state index in [1.807, 2.05) is 11.9 Å². The summed E-state index contributed by atoms with van der Waals surface area (Å²) in [4.78, 5) is 14.7. The Labute approximate surface area is 126 Å². The van der Waals surface area contributed by atoms with Gasteiger partial charge in [0.25, 0.3) is 0 Å². The first-order valence-electron chi connectivity index (χ1n) is 7.79. The molecule has 0 radical (unpaired) electrons. The van der Waals surface area contributed by atoms with E-state index >= 15 is 0 Å². The summed E-state index contributed by atoms with van der Waals surface area (Å²) in [5.41, 5.74) is -0.0828. The largest absolute Gasteiger partial charge is 0.340 e. The maximum absolute atomic E-state index is 12.7. The van der Waals surface area contributed by atoms with E-state index in [1.165, 1.54) is 32.1 Å². The zero-order valence-electron chi connectivity index (χ0n) is 12.6. The van der Waals surface area contributed by atoms with Crippen molar-refractivity contribution in [2.24, 2.45) is 17.8 Å². The molecule has 3 atom stereocenters. The molecule has 0 aromatic heterocycles. The number of hydrogen-bond acceptors (Lipinski definition) is 1. The summed E-state index contributed by atoms with van der Waals surface area (Å²) in [7, 11) is 1.97. The number of alkyl halides is 1. The maximum Gasteiger partial charge on any atom is 0.225 e. The molecule has 0 N–H and O–H groups in total. The third-order valence-electron chi connectivity index (χ3n) is 5.45. The van der Waals surface area contributed by atoms with Gasteiger partial charge in [0.2, 0.25) is 5.91 Å². The van der Waals surface area contributed by atoms with Crippen molar-refractivity contribution in [1.82, 2.24) is 4.90 Å². The van der Waals surface area contributed by atoms with Crippen LogP contribution in [-0.4, -0.2) is 28.7 Å². The lowest BCUT2D eigenvalue weighted by molar-refractivity contribution is -0.140. The van der Waals surface area contributed by atoms with Crippen LogP contribution in [0, 0.1) is 17.8 Å². The van der Waals surface area contributed by atoms with E-state index in [0.29, 0.717) is 5.91 Å². The van der Waals surface area contributed by atoms with Crippen LogP contribution in [0.3, 0.4) is 0 Å². The minimum Gasteiger partial charge on any atom is -0.340 e. The molecule has 0 heterocycles. The fraction of sp³-hybridized carbons (Fsp3) is 0.938. The normalized spacial score (nSPS) is 31.7. The van der Waals surface area contributed by atoms with Gasteiger partial charge in [-0.05, 0) is 44.9 Å². The second kappa shape index (κ2) is 6.15. The first-order chi connectivity index (χ1) is 8.95. The number of halogens is 1. The lowest BCUT2D eigenvalue weighted by Gasteiger charge is -2.42. The molecule has 3 unspecified atom stereocenters. The van der Waals surface area contributed by atoms with E-state index in [2.05, 4.69) is 29.8 Å². The molecule has 0 aromatic carbocycles. The van der Waals surface area contributed by atoms with Gasteiger partial charge >= 0.3 is 0 Å². The van der Waals surface area contributed by atoms with Crippen molar-refractivity contribution < 1.29 is 4.79 Å². The first kappa shape index (κ1) is 15.3. The maximum atomic E-state index is 12.7. The van der Waals surface area contributed by atoms with Crippen LogP contribution in [0.15, 0.2) is 0 Å². The Kier molecular flexibility index (Phi) is 4.97. The Hall–Kier alpha value is -0.0500. The summed E-state index contributed by atoms with van der Waals surface area (Å²) in [6.07, 6.45) is 9.11. The third kappa shape index (κ3) is 3.34. The minimum absolute atomic E-state index is 0.0828. The Bertz CT molecular complexity index is 329. The van der Waals surface area contributed by atoms with Gasteiger partial charge in [-0.3, -0.25) is 4.79 Å². The lowest BCUT2D eigenvalue weighted by atomic mass is 9.67.